The van der Waals surface area contributed by atoms with Crippen molar-refractivity contribution in [2.45, 2.75) is 27.7 Å². The van der Waals surface area contributed by atoms with Gasteiger partial charge < -0.3 is 4.57 Å². The summed E-state index contributed by atoms with van der Waals surface area (Å²) in [5.41, 5.74) is 18.1. The van der Waals surface area contributed by atoms with Gasteiger partial charge in [-0.05, 0) is 135 Å². The number of aromatic nitrogens is 4. The molecule has 2 heterocycles. The molecular formula is C73H56N4Si. The standard InChI is InChI=1S/C73H56N4Si/c1-49-33-38-63(51(3)43-49)56-35-41-69-67(46-56)68-47-57(64-39-34-50(2)44-52(64)4)36-42-70(68)77(69)58-37-40-65(73-75-71(53-21-10-5-11-22-53)74-72(76-73)54-23-12-6-13-24-54)66(48-58)55-25-20-32-62(45-55)78(59-26-14-7-15-27-59,60-28-16-8-17-29-60)61-30-18-9-19-31-61/h5-48H,1-4H3. The van der Waals surface area contributed by atoms with E-state index in [1.165, 1.54) is 76.0 Å². The van der Waals surface area contributed by atoms with Crippen molar-refractivity contribution >= 4 is 50.6 Å². The predicted octanol–water partition coefficient (Wildman–Crippen LogP) is 15.6. The van der Waals surface area contributed by atoms with Crippen molar-refractivity contribution in [3.05, 3.63) is 289 Å². The largest absolute Gasteiger partial charge is 0.309 e. The van der Waals surface area contributed by atoms with Crippen molar-refractivity contribution < 1.29 is 0 Å². The van der Waals surface area contributed by atoms with Gasteiger partial charge in [0.25, 0.3) is 0 Å². The highest BCUT2D eigenvalue weighted by Crippen LogP contribution is 2.41. The van der Waals surface area contributed by atoms with Crippen LogP contribution in [0.5, 0.6) is 0 Å². The second-order valence-electron chi connectivity index (χ2n) is 20.6. The summed E-state index contributed by atoms with van der Waals surface area (Å²) >= 11 is 0. The van der Waals surface area contributed by atoms with Crippen molar-refractivity contribution in [3.8, 4) is 73.2 Å². The van der Waals surface area contributed by atoms with Crippen LogP contribution >= 0.6 is 0 Å². The van der Waals surface area contributed by atoms with E-state index in [0.717, 1.165) is 44.5 Å². The summed E-state index contributed by atoms with van der Waals surface area (Å²) in [5, 5.41) is 7.62. The van der Waals surface area contributed by atoms with Gasteiger partial charge in [-0.1, -0.05) is 236 Å². The highest BCUT2D eigenvalue weighted by Gasteiger charge is 2.41. The van der Waals surface area contributed by atoms with Crippen LogP contribution < -0.4 is 20.7 Å². The number of hydrogen-bond donors (Lipinski definition) is 0. The van der Waals surface area contributed by atoms with Crippen molar-refractivity contribution in [2.75, 3.05) is 0 Å². The molecule has 0 saturated carbocycles. The average molecular weight is 1020 g/mol. The highest BCUT2D eigenvalue weighted by atomic mass is 28.3. The van der Waals surface area contributed by atoms with Gasteiger partial charge in [0, 0.05) is 33.2 Å². The average Bonchev–Trinajstić information content (AvgIpc) is 4.03. The molecule has 372 valence electrons. The Labute approximate surface area is 457 Å². The fourth-order valence-electron chi connectivity index (χ4n) is 11.9. The van der Waals surface area contributed by atoms with Gasteiger partial charge in [-0.25, -0.2) is 15.0 Å². The molecule has 0 radical (unpaired) electrons. The molecule has 0 unspecified atom stereocenters. The maximum Gasteiger partial charge on any atom is 0.179 e. The van der Waals surface area contributed by atoms with Crippen LogP contribution in [0.1, 0.15) is 22.3 Å². The normalized spacial score (nSPS) is 11.6. The molecule has 0 bridgehead atoms. The Morgan fingerprint density at radius 3 is 1.14 bits per heavy atom. The summed E-state index contributed by atoms with van der Waals surface area (Å²) in [5.74, 6) is 1.84. The smallest absolute Gasteiger partial charge is 0.179 e. The Kier molecular flexibility index (Phi) is 12.5. The molecule has 0 aliphatic heterocycles. The molecule has 11 aromatic carbocycles. The molecule has 0 aliphatic carbocycles. The van der Waals surface area contributed by atoms with Crippen molar-refractivity contribution in [3.63, 3.8) is 0 Å². The Hall–Kier alpha value is -9.55. The molecule has 2 aromatic heterocycles. The number of fused-ring (bicyclic) bond motifs is 3. The highest BCUT2D eigenvalue weighted by molar-refractivity contribution is 7.19. The SMILES string of the molecule is Cc1ccc(-c2ccc3c(c2)c2cc(-c4ccc(C)cc4C)ccc2n3-c2ccc(-c3nc(-c4ccccc4)nc(-c4ccccc4)n3)c(-c3cccc([Si](c4ccccc4)(c4ccccc4)c4ccccc4)c3)c2)c(C)c1. The summed E-state index contributed by atoms with van der Waals surface area (Å²) in [6.45, 7) is 8.77. The van der Waals surface area contributed by atoms with Crippen LogP contribution in [0.3, 0.4) is 0 Å². The van der Waals surface area contributed by atoms with Crippen molar-refractivity contribution in [2.24, 2.45) is 0 Å². The number of benzene rings is 11. The maximum absolute atomic E-state index is 5.37. The summed E-state index contributed by atoms with van der Waals surface area (Å²) < 4.78 is 2.45. The molecule has 0 aliphatic rings. The number of nitrogens with zero attached hydrogens (tertiary/aromatic N) is 4. The van der Waals surface area contributed by atoms with E-state index < -0.39 is 8.07 Å². The minimum atomic E-state index is -2.93. The van der Waals surface area contributed by atoms with Crippen LogP contribution in [0.4, 0.5) is 0 Å². The van der Waals surface area contributed by atoms with Gasteiger partial charge in [-0.3, -0.25) is 0 Å². The predicted molar refractivity (Wildman–Crippen MR) is 329 cm³/mol. The second-order valence-corrected chi connectivity index (χ2v) is 24.4. The molecular weight excluding hydrogens is 961 g/mol. The molecule has 0 spiro atoms. The second kappa shape index (κ2) is 20.2. The maximum atomic E-state index is 5.37. The molecule has 13 aromatic rings. The summed E-state index contributed by atoms with van der Waals surface area (Å²) in [4.78, 5) is 15.9. The topological polar surface area (TPSA) is 43.6 Å². The van der Waals surface area contributed by atoms with Crippen molar-refractivity contribution in [1.82, 2.24) is 19.5 Å². The van der Waals surface area contributed by atoms with Crippen LogP contribution in [0, 0.1) is 27.7 Å². The van der Waals surface area contributed by atoms with Gasteiger partial charge in [0.15, 0.2) is 25.5 Å². The minimum Gasteiger partial charge on any atom is -0.309 e. The van der Waals surface area contributed by atoms with Gasteiger partial charge in [0.2, 0.25) is 0 Å². The number of rotatable bonds is 11. The van der Waals surface area contributed by atoms with E-state index in [1.54, 1.807) is 0 Å². The van der Waals surface area contributed by atoms with Gasteiger partial charge in [0.05, 0.1) is 11.0 Å². The lowest BCUT2D eigenvalue weighted by Gasteiger charge is -2.34. The Morgan fingerprint density at radius 1 is 0.282 bits per heavy atom. The van der Waals surface area contributed by atoms with E-state index in [0.29, 0.717) is 17.5 Å². The third-order valence-electron chi connectivity index (χ3n) is 15.6. The summed E-state index contributed by atoms with van der Waals surface area (Å²) in [6, 6.07) is 97.7. The fraction of sp³-hybridized carbons (Fsp3) is 0.0548. The lowest BCUT2D eigenvalue weighted by atomic mass is 9.95. The van der Waals surface area contributed by atoms with Crippen LogP contribution in [0.15, 0.2) is 267 Å². The minimum absolute atomic E-state index is 0.603. The Morgan fingerprint density at radius 2 is 0.679 bits per heavy atom. The van der Waals surface area contributed by atoms with Crippen LogP contribution in [0.25, 0.3) is 95.0 Å². The van der Waals surface area contributed by atoms with E-state index in [2.05, 4.69) is 263 Å². The number of hydrogen-bond acceptors (Lipinski definition) is 3. The van der Waals surface area contributed by atoms with Gasteiger partial charge >= 0.3 is 0 Å². The third kappa shape index (κ3) is 8.64. The first kappa shape index (κ1) is 48.1. The molecule has 0 fully saturated rings. The van der Waals surface area contributed by atoms with E-state index >= 15 is 0 Å². The number of aryl methyl sites for hydroxylation is 4. The molecule has 0 amide bonds. The van der Waals surface area contributed by atoms with E-state index in [-0.39, 0.29) is 0 Å². The van der Waals surface area contributed by atoms with Gasteiger partial charge in [-0.15, -0.1) is 0 Å². The summed E-state index contributed by atoms with van der Waals surface area (Å²) in [7, 11) is -2.93. The molecule has 0 saturated heterocycles. The zero-order valence-electron chi connectivity index (χ0n) is 44.2. The molecule has 4 nitrogen and oxygen atoms in total. The van der Waals surface area contributed by atoms with E-state index in [9.17, 15) is 0 Å². The lowest BCUT2D eigenvalue weighted by molar-refractivity contribution is 1.07. The molecule has 78 heavy (non-hydrogen) atoms. The fourth-order valence-corrected chi connectivity index (χ4v) is 16.7. The van der Waals surface area contributed by atoms with Crippen LogP contribution in [-0.2, 0) is 0 Å². The quantitative estimate of drug-likeness (QED) is 0.0958. The first-order valence-corrected chi connectivity index (χ1v) is 28.8. The molecule has 13 rings (SSSR count). The summed E-state index contributed by atoms with van der Waals surface area (Å²) in [6.07, 6.45) is 0. The Balaban J connectivity index is 1.10. The molecule has 0 atom stereocenters. The van der Waals surface area contributed by atoms with Gasteiger partial charge in [0.1, 0.15) is 0 Å². The zero-order valence-corrected chi connectivity index (χ0v) is 45.2. The van der Waals surface area contributed by atoms with Crippen LogP contribution in [0.2, 0.25) is 0 Å². The van der Waals surface area contributed by atoms with Gasteiger partial charge in [-0.2, -0.15) is 0 Å². The zero-order chi connectivity index (χ0) is 52.7. The third-order valence-corrected chi connectivity index (χ3v) is 20.4. The molecule has 5 heteroatoms. The van der Waals surface area contributed by atoms with Crippen molar-refractivity contribution in [1.29, 1.82) is 0 Å². The van der Waals surface area contributed by atoms with E-state index in [1.807, 2.05) is 36.4 Å². The molecule has 0 N–H and O–H groups in total. The monoisotopic (exact) mass is 1020 g/mol. The first-order valence-electron chi connectivity index (χ1n) is 26.8. The lowest BCUT2D eigenvalue weighted by Crippen LogP contribution is -2.74. The van der Waals surface area contributed by atoms with E-state index in [4.69, 9.17) is 15.0 Å². The van der Waals surface area contributed by atoms with Crippen LogP contribution in [-0.4, -0.2) is 27.6 Å². The first-order chi connectivity index (χ1) is 38.3. The Bertz CT molecular complexity index is 4080.